The molecule has 0 fully saturated rings. The molecule has 3 aromatic rings. The van der Waals surface area contributed by atoms with E-state index >= 15 is 0 Å². The molecule has 0 amide bonds. The molecule has 0 aliphatic rings. The summed E-state index contributed by atoms with van der Waals surface area (Å²) in [6.45, 7) is 4.13. The Bertz CT molecular complexity index is 996. The van der Waals surface area contributed by atoms with Crippen molar-refractivity contribution in [2.24, 2.45) is 4.99 Å². The van der Waals surface area contributed by atoms with Crippen LogP contribution in [-0.2, 0) is 6.42 Å². The smallest absolute Gasteiger partial charge is 0.280 e. The molecule has 134 valence electrons. The molecule has 0 bridgehead atoms. The van der Waals surface area contributed by atoms with E-state index in [-0.39, 0.29) is 11.2 Å². The van der Waals surface area contributed by atoms with Gasteiger partial charge in [-0.3, -0.25) is 25.0 Å². The number of aromatic nitrogens is 4. The summed E-state index contributed by atoms with van der Waals surface area (Å²) >= 11 is 0. The summed E-state index contributed by atoms with van der Waals surface area (Å²) in [5.74, 6) is 0. The minimum atomic E-state index is -0.478. The Labute approximate surface area is 148 Å². The number of imidazole rings is 1. The quantitative estimate of drug-likeness (QED) is 0.400. The van der Waals surface area contributed by atoms with Gasteiger partial charge in [0.2, 0.25) is 0 Å². The van der Waals surface area contributed by atoms with Crippen LogP contribution in [0.5, 0.6) is 0 Å². The molecule has 26 heavy (non-hydrogen) atoms. The summed E-state index contributed by atoms with van der Waals surface area (Å²) in [6, 6.07) is 5.79. The fourth-order valence-electron chi connectivity index (χ4n) is 2.72. The molecule has 1 aromatic carbocycles. The molecule has 9 nitrogen and oxygen atoms in total. The zero-order valence-electron chi connectivity index (χ0n) is 14.4. The van der Waals surface area contributed by atoms with Crippen LogP contribution in [0.15, 0.2) is 46.6 Å². The highest BCUT2D eigenvalue weighted by Crippen LogP contribution is 2.14. The number of nitrogens with one attached hydrogen (secondary N) is 2. The Morgan fingerprint density at radius 2 is 2.08 bits per heavy atom. The molecule has 0 aliphatic heterocycles. The zero-order chi connectivity index (χ0) is 18.7. The second-order valence-corrected chi connectivity index (χ2v) is 5.82. The van der Waals surface area contributed by atoms with E-state index in [4.69, 9.17) is 0 Å². The number of rotatable bonds is 6. The first-order valence-electron chi connectivity index (χ1n) is 8.02. The average molecular weight is 354 g/mol. The predicted octanol–water partition coefficient (Wildman–Crippen LogP) is 2.16. The van der Waals surface area contributed by atoms with Gasteiger partial charge in [-0.2, -0.15) is 0 Å². The van der Waals surface area contributed by atoms with E-state index in [1.54, 1.807) is 26.4 Å². The maximum Gasteiger partial charge on any atom is 0.280 e. The lowest BCUT2D eigenvalue weighted by Crippen LogP contribution is -2.20. The number of nitrogens with zero attached hydrogens (tertiary/aromatic N) is 4. The maximum absolute atomic E-state index is 12.7. The maximum atomic E-state index is 12.7. The molecule has 0 saturated heterocycles. The van der Waals surface area contributed by atoms with Crippen LogP contribution >= 0.6 is 0 Å². The number of hydrogen-bond acceptors (Lipinski definition) is 5. The van der Waals surface area contributed by atoms with Crippen molar-refractivity contribution in [2.45, 2.75) is 20.3 Å². The summed E-state index contributed by atoms with van der Waals surface area (Å²) in [5, 5.41) is 13.8. The van der Waals surface area contributed by atoms with Crippen molar-refractivity contribution in [1.82, 2.24) is 19.7 Å². The van der Waals surface area contributed by atoms with E-state index in [1.807, 2.05) is 0 Å². The second kappa shape index (κ2) is 7.18. The molecule has 0 radical (unpaired) electrons. The van der Waals surface area contributed by atoms with Gasteiger partial charge in [0.15, 0.2) is 0 Å². The summed E-state index contributed by atoms with van der Waals surface area (Å²) in [4.78, 5) is 34.5. The SMILES string of the molecule is CC(=NCCc1cnc[nH]1)c1c(C)[nH]n(-c2ccc([N+](=O)[O-])cc2)c1=O. The van der Waals surface area contributed by atoms with Gasteiger partial charge in [-0.15, -0.1) is 0 Å². The standard InChI is InChI=1S/C17H18N6O3/c1-11(19-8-7-13-9-18-10-20-13)16-12(2)21-22(17(16)24)14-3-5-15(6-4-14)23(25)26/h3-6,9-10,21H,7-8H2,1-2H3,(H,18,20). The van der Waals surface area contributed by atoms with Crippen molar-refractivity contribution in [3.05, 3.63) is 74.2 Å². The first-order chi connectivity index (χ1) is 12.5. The van der Waals surface area contributed by atoms with Gasteiger partial charge >= 0.3 is 0 Å². The molecule has 0 unspecified atom stereocenters. The number of aryl methyl sites for hydroxylation is 1. The van der Waals surface area contributed by atoms with E-state index in [2.05, 4.69) is 20.1 Å². The number of nitro benzene ring substituents is 1. The third-order valence-electron chi connectivity index (χ3n) is 4.04. The molecule has 0 atom stereocenters. The van der Waals surface area contributed by atoms with Crippen LogP contribution in [0, 0.1) is 17.0 Å². The molecule has 2 N–H and O–H groups in total. The average Bonchev–Trinajstić information content (AvgIpc) is 3.23. The van der Waals surface area contributed by atoms with Crippen molar-refractivity contribution >= 4 is 11.4 Å². The fourth-order valence-corrected chi connectivity index (χ4v) is 2.72. The highest BCUT2D eigenvalue weighted by Gasteiger charge is 2.15. The van der Waals surface area contributed by atoms with Gasteiger partial charge < -0.3 is 4.98 Å². The van der Waals surface area contributed by atoms with Crippen molar-refractivity contribution < 1.29 is 4.92 Å². The van der Waals surface area contributed by atoms with Crippen molar-refractivity contribution in [3.63, 3.8) is 0 Å². The van der Waals surface area contributed by atoms with Gasteiger partial charge in [0.1, 0.15) is 0 Å². The Morgan fingerprint density at radius 3 is 2.69 bits per heavy atom. The van der Waals surface area contributed by atoms with Crippen molar-refractivity contribution in [1.29, 1.82) is 0 Å². The Hall–Kier alpha value is -3.49. The Morgan fingerprint density at radius 1 is 1.35 bits per heavy atom. The second-order valence-electron chi connectivity index (χ2n) is 5.82. The number of nitro groups is 1. The largest absolute Gasteiger partial charge is 0.348 e. The summed E-state index contributed by atoms with van der Waals surface area (Å²) < 4.78 is 1.36. The molecule has 2 heterocycles. The molecular formula is C17H18N6O3. The van der Waals surface area contributed by atoms with Crippen molar-refractivity contribution in [2.75, 3.05) is 6.54 Å². The van der Waals surface area contributed by atoms with Gasteiger partial charge in [-0.25, -0.2) is 9.67 Å². The Kier molecular flexibility index (Phi) is 4.78. The summed E-state index contributed by atoms with van der Waals surface area (Å²) in [6.07, 6.45) is 4.07. The minimum Gasteiger partial charge on any atom is -0.348 e. The van der Waals surface area contributed by atoms with Crippen LogP contribution in [0.3, 0.4) is 0 Å². The predicted molar refractivity (Wildman–Crippen MR) is 97.2 cm³/mol. The monoisotopic (exact) mass is 354 g/mol. The number of non-ortho nitro benzene ring substituents is 1. The van der Waals surface area contributed by atoms with E-state index in [9.17, 15) is 14.9 Å². The minimum absolute atomic E-state index is 0.0261. The van der Waals surface area contributed by atoms with Crippen LogP contribution in [0.1, 0.15) is 23.9 Å². The molecule has 0 spiro atoms. The first kappa shape index (κ1) is 17.3. The van der Waals surface area contributed by atoms with Gasteiger partial charge in [-0.05, 0) is 26.0 Å². The molecule has 2 aromatic heterocycles. The first-order valence-corrected chi connectivity index (χ1v) is 8.02. The molecule has 0 saturated carbocycles. The van der Waals surface area contributed by atoms with Crippen molar-refractivity contribution in [3.8, 4) is 5.69 Å². The number of hydrogen-bond donors (Lipinski definition) is 2. The van der Waals surface area contributed by atoms with E-state index in [1.165, 1.54) is 28.9 Å². The lowest BCUT2D eigenvalue weighted by atomic mass is 10.2. The number of benzene rings is 1. The molecular weight excluding hydrogens is 336 g/mol. The third-order valence-corrected chi connectivity index (χ3v) is 4.04. The van der Waals surface area contributed by atoms with Crippen LogP contribution in [0.4, 0.5) is 5.69 Å². The molecule has 3 rings (SSSR count). The molecule has 0 aliphatic carbocycles. The highest BCUT2D eigenvalue weighted by molar-refractivity contribution is 5.99. The summed E-state index contributed by atoms with van der Waals surface area (Å²) in [5.41, 5.74) is 3.09. The topological polar surface area (TPSA) is 122 Å². The zero-order valence-corrected chi connectivity index (χ0v) is 14.4. The van der Waals surface area contributed by atoms with E-state index < -0.39 is 4.92 Å². The number of H-pyrrole nitrogens is 2. The van der Waals surface area contributed by atoms with Gasteiger partial charge in [0.25, 0.3) is 11.2 Å². The van der Waals surface area contributed by atoms with Crippen LogP contribution in [-0.4, -0.2) is 36.9 Å². The number of aromatic amines is 2. The van der Waals surface area contributed by atoms with Crippen LogP contribution in [0.25, 0.3) is 5.69 Å². The van der Waals surface area contributed by atoms with Crippen LogP contribution < -0.4 is 5.56 Å². The summed E-state index contributed by atoms with van der Waals surface area (Å²) in [7, 11) is 0. The van der Waals surface area contributed by atoms with Gasteiger partial charge in [-0.1, -0.05) is 0 Å². The van der Waals surface area contributed by atoms with Gasteiger partial charge in [0, 0.05) is 48.4 Å². The third kappa shape index (κ3) is 3.46. The molecule has 9 heteroatoms. The van der Waals surface area contributed by atoms with Gasteiger partial charge in [0.05, 0.1) is 22.5 Å². The highest BCUT2D eigenvalue weighted by atomic mass is 16.6. The normalized spacial score (nSPS) is 11.7. The lowest BCUT2D eigenvalue weighted by molar-refractivity contribution is -0.384. The number of aliphatic imine (C=N–C) groups is 1. The van der Waals surface area contributed by atoms with Crippen LogP contribution in [0.2, 0.25) is 0 Å². The Balaban J connectivity index is 1.85. The van der Waals surface area contributed by atoms with E-state index in [0.29, 0.717) is 35.6 Å². The fraction of sp³-hybridized carbons (Fsp3) is 0.235. The lowest BCUT2D eigenvalue weighted by Gasteiger charge is -2.00. The van der Waals surface area contributed by atoms with E-state index in [0.717, 1.165) is 5.69 Å².